The van der Waals surface area contributed by atoms with Crippen molar-refractivity contribution < 1.29 is 4.39 Å². The van der Waals surface area contributed by atoms with Gasteiger partial charge < -0.3 is 5.32 Å². The fraction of sp³-hybridized carbons (Fsp3) is 0.278. The molecular weight excluding hydrogens is 321 g/mol. The summed E-state index contributed by atoms with van der Waals surface area (Å²) in [5.74, 6) is 0.239. The van der Waals surface area contributed by atoms with Crippen LogP contribution in [0.1, 0.15) is 25.3 Å². The lowest BCUT2D eigenvalue weighted by Gasteiger charge is -2.21. The molecule has 4 rings (SSSR count). The highest BCUT2D eigenvalue weighted by Crippen LogP contribution is 2.27. The molecule has 2 aromatic heterocycles. The fourth-order valence-corrected chi connectivity index (χ4v) is 3.08. The fourth-order valence-electron chi connectivity index (χ4n) is 3.08. The number of halogens is 1. The second kappa shape index (κ2) is 6.16. The topological polar surface area (TPSA) is 64.7 Å². The quantitative estimate of drug-likeness (QED) is 0.726. The van der Waals surface area contributed by atoms with Gasteiger partial charge in [-0.1, -0.05) is 25.5 Å². The Labute approximate surface area is 143 Å². The highest BCUT2D eigenvalue weighted by molar-refractivity contribution is 5.83. The van der Waals surface area contributed by atoms with Crippen molar-refractivity contribution in [1.82, 2.24) is 19.3 Å². The Morgan fingerprint density at radius 2 is 2.24 bits per heavy atom. The van der Waals surface area contributed by atoms with E-state index in [-0.39, 0.29) is 11.4 Å². The predicted octanol–water partition coefficient (Wildman–Crippen LogP) is 2.85. The smallest absolute Gasteiger partial charge is 0.285 e. The number of anilines is 1. The molecule has 7 heteroatoms. The van der Waals surface area contributed by atoms with Gasteiger partial charge in [0.2, 0.25) is 5.95 Å². The number of unbranched alkanes of at least 4 members (excludes halogenated alkanes) is 1. The van der Waals surface area contributed by atoms with Crippen molar-refractivity contribution in [2.75, 3.05) is 11.9 Å². The van der Waals surface area contributed by atoms with E-state index in [2.05, 4.69) is 22.3 Å². The van der Waals surface area contributed by atoms with E-state index in [0.717, 1.165) is 30.6 Å². The van der Waals surface area contributed by atoms with Crippen LogP contribution in [0.5, 0.6) is 0 Å². The summed E-state index contributed by atoms with van der Waals surface area (Å²) in [6.07, 6.45) is 5.54. The van der Waals surface area contributed by atoms with Gasteiger partial charge in [-0.3, -0.25) is 9.36 Å². The number of hydrogen-bond acceptors (Lipinski definition) is 4. The lowest BCUT2D eigenvalue weighted by molar-refractivity contribution is 0.627. The predicted molar refractivity (Wildman–Crippen MR) is 95.0 cm³/mol. The van der Waals surface area contributed by atoms with Crippen molar-refractivity contribution in [2.45, 2.75) is 26.3 Å². The number of benzene rings is 1. The molecule has 0 bridgehead atoms. The van der Waals surface area contributed by atoms with Crippen LogP contribution < -0.4 is 10.9 Å². The Balaban J connectivity index is 1.85. The van der Waals surface area contributed by atoms with Gasteiger partial charge in [-0.05, 0) is 24.6 Å². The summed E-state index contributed by atoms with van der Waals surface area (Å²) < 4.78 is 17.2. The molecule has 25 heavy (non-hydrogen) atoms. The molecule has 0 saturated heterocycles. The molecule has 0 aliphatic carbocycles. The van der Waals surface area contributed by atoms with Crippen molar-refractivity contribution in [3.05, 3.63) is 58.3 Å². The maximum atomic E-state index is 13.6. The minimum atomic E-state index is -0.308. The summed E-state index contributed by atoms with van der Waals surface area (Å²) in [4.78, 5) is 16.5. The van der Waals surface area contributed by atoms with Crippen LogP contribution in [0.15, 0.2) is 41.3 Å². The van der Waals surface area contributed by atoms with Crippen LogP contribution in [-0.4, -0.2) is 25.9 Å². The molecule has 0 fully saturated rings. The molecule has 0 radical (unpaired) electrons. The van der Waals surface area contributed by atoms with Gasteiger partial charge >= 0.3 is 0 Å². The largest absolute Gasteiger partial charge is 0.355 e. The number of aromatic nitrogens is 4. The number of rotatable bonds is 5. The standard InChI is InChI=1S/C18H18FN5O/c1-2-3-8-20-18-22-16(25)14-11-21-24-15(7-9-23(18)17(14)24)12-5-4-6-13(19)10-12/h4-7,10-11H,2-3,8-9H2,1H3,(H,20,22,25). The van der Waals surface area contributed by atoms with Gasteiger partial charge in [0.05, 0.1) is 11.9 Å². The molecule has 0 spiro atoms. The van der Waals surface area contributed by atoms with E-state index >= 15 is 0 Å². The second-order valence-electron chi connectivity index (χ2n) is 6.02. The molecule has 0 atom stereocenters. The van der Waals surface area contributed by atoms with Crippen LogP contribution in [0.4, 0.5) is 10.3 Å². The molecule has 1 aliphatic heterocycles. The van der Waals surface area contributed by atoms with Crippen LogP contribution in [0.25, 0.3) is 16.7 Å². The molecular formula is C18H18FN5O. The van der Waals surface area contributed by atoms with Gasteiger partial charge in [-0.15, -0.1) is 0 Å². The highest BCUT2D eigenvalue weighted by Gasteiger charge is 2.21. The van der Waals surface area contributed by atoms with Crippen LogP contribution >= 0.6 is 0 Å². The first-order chi connectivity index (χ1) is 12.2. The third-order valence-corrected chi connectivity index (χ3v) is 4.32. The third-order valence-electron chi connectivity index (χ3n) is 4.32. The summed E-state index contributed by atoms with van der Waals surface area (Å²) >= 11 is 0. The molecule has 0 saturated carbocycles. The second-order valence-corrected chi connectivity index (χ2v) is 6.02. The van der Waals surface area contributed by atoms with Gasteiger partial charge in [0.1, 0.15) is 11.2 Å². The lowest BCUT2D eigenvalue weighted by Crippen LogP contribution is -2.23. The summed E-state index contributed by atoms with van der Waals surface area (Å²) in [5, 5.41) is 8.04. The monoisotopic (exact) mass is 339 g/mol. The van der Waals surface area contributed by atoms with Crippen molar-refractivity contribution in [2.24, 2.45) is 0 Å². The van der Waals surface area contributed by atoms with Crippen LogP contribution in [0.3, 0.4) is 0 Å². The zero-order valence-corrected chi connectivity index (χ0v) is 13.9. The lowest BCUT2D eigenvalue weighted by atomic mass is 10.1. The maximum Gasteiger partial charge on any atom is 0.285 e. The van der Waals surface area contributed by atoms with Gasteiger partial charge in [0.15, 0.2) is 5.65 Å². The van der Waals surface area contributed by atoms with Gasteiger partial charge in [0.25, 0.3) is 5.56 Å². The molecule has 1 aliphatic rings. The van der Waals surface area contributed by atoms with Crippen molar-refractivity contribution in [3.63, 3.8) is 0 Å². The van der Waals surface area contributed by atoms with Gasteiger partial charge in [-0.2, -0.15) is 10.1 Å². The van der Waals surface area contributed by atoms with Gasteiger partial charge in [-0.25, -0.2) is 9.07 Å². The first-order valence-electron chi connectivity index (χ1n) is 8.38. The SMILES string of the molecule is CCCCNc1nc(=O)c2cnn3c2n1CC=C3c1cccc(F)c1. The van der Waals surface area contributed by atoms with E-state index in [1.807, 2.05) is 16.7 Å². The number of nitrogens with zero attached hydrogens (tertiary/aromatic N) is 4. The summed E-state index contributed by atoms with van der Waals surface area (Å²) in [6, 6.07) is 6.37. The first-order valence-corrected chi connectivity index (χ1v) is 8.38. The van der Waals surface area contributed by atoms with E-state index in [4.69, 9.17) is 0 Å². The number of hydrogen-bond donors (Lipinski definition) is 1. The van der Waals surface area contributed by atoms with Crippen molar-refractivity contribution in [3.8, 4) is 0 Å². The van der Waals surface area contributed by atoms with E-state index in [1.165, 1.54) is 18.3 Å². The zero-order chi connectivity index (χ0) is 17.4. The molecule has 3 aromatic rings. The molecule has 0 amide bonds. The Morgan fingerprint density at radius 1 is 1.36 bits per heavy atom. The van der Waals surface area contributed by atoms with Crippen LogP contribution in [0, 0.1) is 5.82 Å². The minimum Gasteiger partial charge on any atom is -0.355 e. The minimum absolute atomic E-state index is 0.304. The van der Waals surface area contributed by atoms with E-state index < -0.39 is 0 Å². The molecule has 3 heterocycles. The average Bonchev–Trinajstić information content (AvgIpc) is 3.05. The molecule has 6 nitrogen and oxygen atoms in total. The third kappa shape index (κ3) is 2.61. The molecule has 1 aromatic carbocycles. The van der Waals surface area contributed by atoms with E-state index in [9.17, 15) is 9.18 Å². The number of allylic oxidation sites excluding steroid dienone is 1. The van der Waals surface area contributed by atoms with Crippen molar-refractivity contribution in [1.29, 1.82) is 0 Å². The molecule has 128 valence electrons. The summed E-state index contributed by atoms with van der Waals surface area (Å²) in [5.41, 5.74) is 1.86. The summed E-state index contributed by atoms with van der Waals surface area (Å²) in [7, 11) is 0. The van der Waals surface area contributed by atoms with Gasteiger partial charge in [0, 0.05) is 18.7 Å². The Bertz CT molecular complexity index is 1030. The average molecular weight is 339 g/mol. The zero-order valence-electron chi connectivity index (χ0n) is 13.9. The molecule has 0 unspecified atom stereocenters. The van der Waals surface area contributed by atoms with E-state index in [0.29, 0.717) is 23.5 Å². The summed E-state index contributed by atoms with van der Waals surface area (Å²) in [6.45, 7) is 3.40. The number of nitrogens with one attached hydrogen (secondary N) is 1. The highest BCUT2D eigenvalue weighted by atomic mass is 19.1. The Morgan fingerprint density at radius 3 is 3.04 bits per heavy atom. The molecule has 1 N–H and O–H groups in total. The van der Waals surface area contributed by atoms with Crippen LogP contribution in [-0.2, 0) is 6.54 Å². The normalized spacial score (nSPS) is 13.1. The Hall–Kier alpha value is -2.96. The van der Waals surface area contributed by atoms with Crippen LogP contribution in [0.2, 0.25) is 0 Å². The maximum absolute atomic E-state index is 13.6. The van der Waals surface area contributed by atoms with Crippen molar-refractivity contribution >= 4 is 22.7 Å². The first kappa shape index (κ1) is 15.6. The van der Waals surface area contributed by atoms with E-state index in [1.54, 1.807) is 10.7 Å². The Kier molecular flexibility index (Phi) is 3.83.